The predicted octanol–water partition coefficient (Wildman–Crippen LogP) is 4.47. The van der Waals surface area contributed by atoms with Gasteiger partial charge in [-0.05, 0) is 40.2 Å². The average molecular weight is 826 g/mol. The summed E-state index contributed by atoms with van der Waals surface area (Å²) < 4.78 is 3.93. The lowest BCUT2D eigenvalue weighted by atomic mass is 10.1. The van der Waals surface area contributed by atoms with E-state index in [1.807, 2.05) is 60.9 Å². The number of hydrogen-bond donors (Lipinski definition) is 4. The second-order valence-electron chi connectivity index (χ2n) is 13.8. The number of amides is 2. The summed E-state index contributed by atoms with van der Waals surface area (Å²) in [7, 11) is 0. The predicted molar refractivity (Wildman–Crippen MR) is 224 cm³/mol. The van der Waals surface area contributed by atoms with Crippen molar-refractivity contribution in [1.82, 2.24) is 49.8 Å². The molecule has 2 saturated heterocycles. The number of anilines is 4. The molecule has 0 radical (unpaired) electrons. The standard InChI is InChI=1S/C20H18BrN7O.C20H19N7O/c21-17-18(22)28-19(26-20(17)27-7-5-16(29)23-6-8-27)14(11-25-28)13-9-12-3-1-2-4-15(12)24-10-13;21-17-10-18(26-7-5-19(28)22-6-8-26)25-20-15(12-24-27(17)20)14-9-13-3-1-2-4-16(13)23-11-14/h1-4,9-11H,5-8,22H2,(H,23,29);1-4,9-12H,5-8,21H2,(H,22,28). The van der Waals surface area contributed by atoms with Crippen LogP contribution < -0.4 is 31.9 Å². The monoisotopic (exact) mass is 824 g/mol. The van der Waals surface area contributed by atoms with E-state index in [9.17, 15) is 9.59 Å². The van der Waals surface area contributed by atoms with Crippen LogP contribution in [-0.2, 0) is 9.59 Å². The number of benzene rings is 2. The molecule has 17 heteroatoms. The smallest absolute Gasteiger partial charge is 0.221 e. The van der Waals surface area contributed by atoms with Crippen molar-refractivity contribution in [2.75, 3.05) is 60.5 Å². The number of fused-ring (bicyclic) bond motifs is 4. The second-order valence-corrected chi connectivity index (χ2v) is 14.6. The summed E-state index contributed by atoms with van der Waals surface area (Å²) in [6, 6.07) is 21.9. The summed E-state index contributed by atoms with van der Waals surface area (Å²) in [5, 5.41) is 16.7. The molecular weight excluding hydrogens is 788 g/mol. The lowest BCUT2D eigenvalue weighted by molar-refractivity contribution is -0.121. The van der Waals surface area contributed by atoms with Gasteiger partial charge < -0.3 is 31.9 Å². The van der Waals surface area contributed by atoms with Gasteiger partial charge in [0, 0.05) is 104 Å². The number of nitrogens with one attached hydrogen (secondary N) is 2. The molecule has 0 unspecified atom stereocenters. The van der Waals surface area contributed by atoms with Crippen molar-refractivity contribution in [3.8, 4) is 22.3 Å². The Kier molecular flexibility index (Phi) is 9.41. The van der Waals surface area contributed by atoms with Gasteiger partial charge in [-0.25, -0.2) is 9.97 Å². The highest BCUT2D eigenvalue weighted by atomic mass is 79.9. The first-order valence-corrected chi connectivity index (χ1v) is 19.3. The number of pyridine rings is 2. The van der Waals surface area contributed by atoms with E-state index in [2.05, 4.69) is 68.7 Å². The number of nitrogens with zero attached hydrogens (tertiary/aromatic N) is 10. The third-order valence-corrected chi connectivity index (χ3v) is 10.9. The maximum Gasteiger partial charge on any atom is 0.221 e. The van der Waals surface area contributed by atoms with Gasteiger partial charge in [0.15, 0.2) is 11.3 Å². The summed E-state index contributed by atoms with van der Waals surface area (Å²) in [6.45, 7) is 3.69. The van der Waals surface area contributed by atoms with Gasteiger partial charge in [0.05, 0.1) is 23.4 Å². The quantitative estimate of drug-likeness (QED) is 0.194. The van der Waals surface area contributed by atoms with Gasteiger partial charge >= 0.3 is 0 Å². The van der Waals surface area contributed by atoms with E-state index in [1.165, 1.54) is 0 Å². The Bertz CT molecular complexity index is 2840. The molecule has 2 aromatic carbocycles. The molecule has 0 atom stereocenters. The number of nitrogen functional groups attached to an aromatic ring is 2. The summed E-state index contributed by atoms with van der Waals surface area (Å²) in [4.78, 5) is 46.3. The molecule has 0 bridgehead atoms. The minimum Gasteiger partial charge on any atom is -0.383 e. The van der Waals surface area contributed by atoms with Gasteiger partial charge in [-0.15, -0.1) is 0 Å². The summed E-state index contributed by atoms with van der Waals surface area (Å²) in [6.07, 6.45) is 8.04. The van der Waals surface area contributed by atoms with Crippen molar-refractivity contribution in [2.24, 2.45) is 0 Å². The Hall–Kier alpha value is -6.88. The van der Waals surface area contributed by atoms with E-state index in [0.29, 0.717) is 85.3 Å². The zero-order chi connectivity index (χ0) is 39.0. The molecule has 2 aliphatic rings. The van der Waals surface area contributed by atoms with Crippen molar-refractivity contribution in [2.45, 2.75) is 12.8 Å². The molecule has 57 heavy (non-hydrogen) atoms. The first kappa shape index (κ1) is 35.8. The van der Waals surface area contributed by atoms with E-state index in [4.69, 9.17) is 21.4 Å². The highest BCUT2D eigenvalue weighted by Gasteiger charge is 2.23. The number of hydrogen-bond acceptors (Lipinski definition) is 12. The van der Waals surface area contributed by atoms with Crippen molar-refractivity contribution in [3.05, 3.63) is 96.0 Å². The van der Waals surface area contributed by atoms with Crippen LogP contribution >= 0.6 is 15.9 Å². The molecule has 0 saturated carbocycles. The van der Waals surface area contributed by atoms with Crippen molar-refractivity contribution in [3.63, 3.8) is 0 Å². The van der Waals surface area contributed by atoms with Gasteiger partial charge in [-0.1, -0.05) is 36.4 Å². The Balaban J connectivity index is 0.000000148. The van der Waals surface area contributed by atoms with Crippen LogP contribution in [0.5, 0.6) is 0 Å². The number of nitrogens with two attached hydrogens (primary N) is 2. The van der Waals surface area contributed by atoms with E-state index in [-0.39, 0.29) is 11.8 Å². The minimum absolute atomic E-state index is 0.0463. The Morgan fingerprint density at radius 1 is 0.632 bits per heavy atom. The fourth-order valence-electron chi connectivity index (χ4n) is 7.15. The van der Waals surface area contributed by atoms with Crippen LogP contribution in [0.1, 0.15) is 12.8 Å². The fourth-order valence-corrected chi connectivity index (χ4v) is 7.65. The van der Waals surface area contributed by atoms with Crippen molar-refractivity contribution < 1.29 is 9.59 Å². The van der Waals surface area contributed by atoms with E-state index in [1.54, 1.807) is 27.5 Å². The third kappa shape index (κ3) is 6.97. The molecule has 2 fully saturated rings. The van der Waals surface area contributed by atoms with Crippen molar-refractivity contribution >= 4 is 84.1 Å². The van der Waals surface area contributed by atoms with Crippen LogP contribution in [0.4, 0.5) is 23.3 Å². The Morgan fingerprint density at radius 3 is 1.81 bits per heavy atom. The molecular formula is C40H37BrN14O2. The highest BCUT2D eigenvalue weighted by molar-refractivity contribution is 9.10. The van der Waals surface area contributed by atoms with Crippen LogP contribution in [0.25, 0.3) is 55.4 Å². The summed E-state index contributed by atoms with van der Waals surface area (Å²) >= 11 is 3.57. The van der Waals surface area contributed by atoms with Crippen LogP contribution in [-0.4, -0.2) is 90.2 Å². The lowest BCUT2D eigenvalue weighted by Crippen LogP contribution is -2.29. The molecule has 0 aliphatic carbocycles. The third-order valence-electron chi connectivity index (χ3n) is 10.1. The minimum atomic E-state index is 0.0463. The molecule has 8 aromatic rings. The van der Waals surface area contributed by atoms with Crippen LogP contribution in [0, 0.1) is 0 Å². The number of aromatic nitrogens is 8. The number of carbonyl (C=O) groups excluding carboxylic acids is 2. The normalized spacial score (nSPS) is 15.0. The Labute approximate surface area is 334 Å². The van der Waals surface area contributed by atoms with E-state index >= 15 is 0 Å². The SMILES string of the molecule is Nc1c(Br)c(N2CCNC(=O)CC2)nc2c(-c3cnc4ccccc4c3)cnn12.Nc1cc(N2CCNC(=O)CC2)nc2c(-c3cnc4ccccc4c3)cnn12. The molecule has 6 N–H and O–H groups in total. The number of para-hydroxylation sites is 2. The number of halogens is 1. The molecule has 6 aromatic heterocycles. The second kappa shape index (κ2) is 15.0. The Morgan fingerprint density at radius 2 is 1.18 bits per heavy atom. The maximum absolute atomic E-state index is 11.7. The van der Waals surface area contributed by atoms with Crippen LogP contribution in [0.2, 0.25) is 0 Å². The van der Waals surface area contributed by atoms with Crippen LogP contribution in [0.15, 0.2) is 96.0 Å². The summed E-state index contributed by atoms with van der Waals surface area (Å²) in [5.41, 5.74) is 19.4. The molecule has 10 rings (SSSR count). The van der Waals surface area contributed by atoms with Gasteiger partial charge in [-0.2, -0.15) is 19.2 Å². The number of carbonyl (C=O) groups is 2. The topological polar surface area (TPSA) is 203 Å². The molecule has 16 nitrogen and oxygen atoms in total. The molecule has 2 amide bonds. The molecule has 8 heterocycles. The fraction of sp³-hybridized carbons (Fsp3) is 0.200. The zero-order valence-electron chi connectivity index (χ0n) is 30.6. The highest BCUT2D eigenvalue weighted by Crippen LogP contribution is 2.35. The van der Waals surface area contributed by atoms with Crippen LogP contribution in [0.3, 0.4) is 0 Å². The number of rotatable bonds is 4. The van der Waals surface area contributed by atoms with Crippen molar-refractivity contribution in [1.29, 1.82) is 0 Å². The van der Waals surface area contributed by atoms with E-state index < -0.39 is 0 Å². The average Bonchev–Trinajstić information content (AvgIpc) is 3.72. The van der Waals surface area contributed by atoms with E-state index in [0.717, 1.165) is 49.9 Å². The molecule has 2 aliphatic heterocycles. The maximum atomic E-state index is 11.7. The zero-order valence-corrected chi connectivity index (χ0v) is 32.2. The molecule has 0 spiro atoms. The van der Waals surface area contributed by atoms with Gasteiger partial charge in [0.25, 0.3) is 0 Å². The largest absolute Gasteiger partial charge is 0.383 e. The first-order chi connectivity index (χ1) is 27.8. The molecule has 286 valence electrons. The lowest BCUT2D eigenvalue weighted by Gasteiger charge is -2.23. The van der Waals surface area contributed by atoms with Gasteiger partial charge in [0.2, 0.25) is 11.8 Å². The van der Waals surface area contributed by atoms with Gasteiger partial charge in [-0.3, -0.25) is 19.6 Å². The first-order valence-electron chi connectivity index (χ1n) is 18.5. The summed E-state index contributed by atoms with van der Waals surface area (Å²) in [5.74, 6) is 2.53. The van der Waals surface area contributed by atoms with Gasteiger partial charge in [0.1, 0.15) is 27.7 Å².